The quantitative estimate of drug-likeness (QED) is 0.749. The van der Waals surface area contributed by atoms with Gasteiger partial charge in [0.2, 0.25) is 5.91 Å². The van der Waals surface area contributed by atoms with Crippen LogP contribution in [0.4, 0.5) is 0 Å². The van der Waals surface area contributed by atoms with Gasteiger partial charge in [-0.05, 0) is 37.8 Å². The molecule has 0 spiro atoms. The zero-order valence-corrected chi connectivity index (χ0v) is 17.2. The smallest absolute Gasteiger partial charge is 0.253 e. The SMILES string of the molecule is CCNC(=O)CN1CCCN(C(=O)c2cccc(-n3ccnc3SC)c2)CC1. The third-order valence-electron chi connectivity index (χ3n) is 4.78. The van der Waals surface area contributed by atoms with Crippen molar-refractivity contribution in [3.8, 4) is 5.69 Å². The summed E-state index contributed by atoms with van der Waals surface area (Å²) in [4.78, 5) is 33.2. The Morgan fingerprint density at radius 1 is 1.21 bits per heavy atom. The predicted octanol–water partition coefficient (Wildman–Crippen LogP) is 1.88. The van der Waals surface area contributed by atoms with Crippen LogP contribution in [-0.4, -0.2) is 76.7 Å². The highest BCUT2D eigenvalue weighted by Crippen LogP contribution is 2.20. The van der Waals surface area contributed by atoms with E-state index >= 15 is 0 Å². The van der Waals surface area contributed by atoms with Crippen LogP contribution in [0.25, 0.3) is 5.69 Å². The van der Waals surface area contributed by atoms with Crippen molar-refractivity contribution >= 4 is 23.6 Å². The molecule has 0 bridgehead atoms. The van der Waals surface area contributed by atoms with Crippen LogP contribution in [0.3, 0.4) is 0 Å². The average molecular weight is 402 g/mol. The number of amides is 2. The Bertz CT molecular complexity index is 822. The lowest BCUT2D eigenvalue weighted by Crippen LogP contribution is -2.40. The zero-order valence-electron chi connectivity index (χ0n) is 16.4. The molecule has 1 saturated heterocycles. The van der Waals surface area contributed by atoms with Crippen molar-refractivity contribution in [3.05, 3.63) is 42.2 Å². The topological polar surface area (TPSA) is 70.5 Å². The first kappa shape index (κ1) is 20.4. The number of hydrogen-bond acceptors (Lipinski definition) is 5. The Morgan fingerprint density at radius 3 is 2.86 bits per heavy atom. The van der Waals surface area contributed by atoms with E-state index in [4.69, 9.17) is 0 Å². The van der Waals surface area contributed by atoms with E-state index in [1.54, 1.807) is 18.0 Å². The molecule has 28 heavy (non-hydrogen) atoms. The van der Waals surface area contributed by atoms with E-state index in [1.165, 1.54) is 0 Å². The number of carbonyl (C=O) groups excluding carboxylic acids is 2. The lowest BCUT2D eigenvalue weighted by Gasteiger charge is -2.22. The standard InChI is InChI=1S/C20H27N5O2S/c1-3-21-18(26)15-23-9-5-10-24(13-12-23)19(27)16-6-4-7-17(14-16)25-11-8-22-20(25)28-2/h4,6-8,11,14H,3,5,9-10,12-13,15H2,1-2H3,(H,21,26). The molecule has 2 aromatic rings. The van der Waals surface area contributed by atoms with E-state index in [2.05, 4.69) is 15.2 Å². The average Bonchev–Trinajstić information content (AvgIpc) is 3.07. The summed E-state index contributed by atoms with van der Waals surface area (Å²) >= 11 is 1.57. The molecule has 8 heteroatoms. The van der Waals surface area contributed by atoms with Crippen LogP contribution in [0.2, 0.25) is 0 Å². The fourth-order valence-electron chi connectivity index (χ4n) is 3.40. The van der Waals surface area contributed by atoms with Crippen molar-refractivity contribution in [2.24, 2.45) is 0 Å². The zero-order chi connectivity index (χ0) is 19.9. The summed E-state index contributed by atoms with van der Waals surface area (Å²) in [7, 11) is 0. The molecule has 0 radical (unpaired) electrons. The van der Waals surface area contributed by atoms with Gasteiger partial charge in [0, 0.05) is 56.4 Å². The molecule has 1 N–H and O–H groups in total. The molecular weight excluding hydrogens is 374 g/mol. The normalized spacial score (nSPS) is 15.3. The molecule has 7 nitrogen and oxygen atoms in total. The molecule has 2 amide bonds. The molecule has 0 aliphatic carbocycles. The van der Waals surface area contributed by atoms with Gasteiger partial charge in [-0.25, -0.2) is 4.98 Å². The number of aromatic nitrogens is 2. The number of likely N-dealkylation sites (N-methyl/N-ethyl adjacent to an activating group) is 1. The molecular formula is C20H27N5O2S. The third-order valence-corrected chi connectivity index (χ3v) is 5.44. The molecule has 2 heterocycles. The second kappa shape index (κ2) is 9.75. The number of hydrogen-bond donors (Lipinski definition) is 1. The Labute approximate surface area is 170 Å². The number of thioether (sulfide) groups is 1. The van der Waals surface area contributed by atoms with Crippen molar-refractivity contribution < 1.29 is 9.59 Å². The molecule has 150 valence electrons. The highest BCUT2D eigenvalue weighted by Gasteiger charge is 2.21. The molecule has 3 rings (SSSR count). The minimum Gasteiger partial charge on any atom is -0.355 e. The Hall–Kier alpha value is -2.32. The molecule has 0 unspecified atom stereocenters. The number of nitrogens with zero attached hydrogens (tertiary/aromatic N) is 4. The maximum atomic E-state index is 13.1. The van der Waals surface area contributed by atoms with Crippen molar-refractivity contribution in [2.75, 3.05) is 45.5 Å². The molecule has 1 aromatic heterocycles. The molecule has 0 saturated carbocycles. The number of carbonyl (C=O) groups is 2. The van der Waals surface area contributed by atoms with Gasteiger partial charge in [0.1, 0.15) is 0 Å². The van der Waals surface area contributed by atoms with Crippen LogP contribution in [0.5, 0.6) is 0 Å². The lowest BCUT2D eigenvalue weighted by molar-refractivity contribution is -0.122. The van der Waals surface area contributed by atoms with Crippen molar-refractivity contribution in [1.29, 1.82) is 0 Å². The second-order valence-electron chi connectivity index (χ2n) is 6.71. The number of rotatable bonds is 6. The van der Waals surface area contributed by atoms with E-state index in [0.717, 1.165) is 23.8 Å². The summed E-state index contributed by atoms with van der Waals surface area (Å²) in [6.45, 7) is 5.82. The van der Waals surface area contributed by atoms with Crippen LogP contribution >= 0.6 is 11.8 Å². The largest absolute Gasteiger partial charge is 0.355 e. The van der Waals surface area contributed by atoms with E-state index in [0.29, 0.717) is 38.3 Å². The highest BCUT2D eigenvalue weighted by molar-refractivity contribution is 7.98. The third kappa shape index (κ3) is 4.94. The number of imidazole rings is 1. The minimum absolute atomic E-state index is 0.0347. The maximum Gasteiger partial charge on any atom is 0.253 e. The van der Waals surface area contributed by atoms with E-state index in [9.17, 15) is 9.59 Å². The van der Waals surface area contributed by atoms with Gasteiger partial charge in [0.25, 0.3) is 5.91 Å². The van der Waals surface area contributed by atoms with Crippen molar-refractivity contribution in [3.63, 3.8) is 0 Å². The fraction of sp³-hybridized carbons (Fsp3) is 0.450. The number of benzene rings is 1. The molecule has 0 atom stereocenters. The molecule has 1 fully saturated rings. The first-order chi connectivity index (χ1) is 13.6. The van der Waals surface area contributed by atoms with Crippen molar-refractivity contribution in [2.45, 2.75) is 18.5 Å². The van der Waals surface area contributed by atoms with Gasteiger partial charge in [0.05, 0.1) is 6.54 Å². The summed E-state index contributed by atoms with van der Waals surface area (Å²) in [6, 6.07) is 7.67. The van der Waals surface area contributed by atoms with Gasteiger partial charge in [-0.15, -0.1) is 0 Å². The van der Waals surface area contributed by atoms with Gasteiger partial charge in [-0.3, -0.25) is 19.1 Å². The van der Waals surface area contributed by atoms with Gasteiger partial charge in [-0.2, -0.15) is 0 Å². The van der Waals surface area contributed by atoms with Gasteiger partial charge >= 0.3 is 0 Å². The van der Waals surface area contributed by atoms with Crippen molar-refractivity contribution in [1.82, 2.24) is 24.7 Å². The Balaban J connectivity index is 1.67. The van der Waals surface area contributed by atoms with Crippen LogP contribution in [-0.2, 0) is 4.79 Å². The summed E-state index contributed by atoms with van der Waals surface area (Å²) in [6.07, 6.45) is 6.51. The van der Waals surface area contributed by atoms with Crippen LogP contribution < -0.4 is 5.32 Å². The van der Waals surface area contributed by atoms with Crippen LogP contribution in [0.1, 0.15) is 23.7 Å². The molecule has 1 aromatic carbocycles. The van der Waals surface area contributed by atoms with E-state index in [-0.39, 0.29) is 11.8 Å². The monoisotopic (exact) mass is 401 g/mol. The predicted molar refractivity (Wildman–Crippen MR) is 111 cm³/mol. The minimum atomic E-state index is 0.0347. The Morgan fingerprint density at radius 2 is 2.07 bits per heavy atom. The summed E-state index contributed by atoms with van der Waals surface area (Å²) in [5.41, 5.74) is 1.61. The second-order valence-corrected chi connectivity index (χ2v) is 7.48. The summed E-state index contributed by atoms with van der Waals surface area (Å²) < 4.78 is 1.98. The lowest BCUT2D eigenvalue weighted by atomic mass is 10.1. The summed E-state index contributed by atoms with van der Waals surface area (Å²) in [5.74, 6) is 0.0763. The Kier molecular flexibility index (Phi) is 7.11. The summed E-state index contributed by atoms with van der Waals surface area (Å²) in [5, 5.41) is 3.72. The molecule has 1 aliphatic heterocycles. The van der Waals surface area contributed by atoms with E-state index in [1.807, 2.05) is 53.1 Å². The van der Waals surface area contributed by atoms with Gasteiger partial charge < -0.3 is 10.2 Å². The van der Waals surface area contributed by atoms with Gasteiger partial charge in [0.15, 0.2) is 5.16 Å². The first-order valence-corrected chi connectivity index (χ1v) is 10.8. The molecule has 1 aliphatic rings. The van der Waals surface area contributed by atoms with Crippen LogP contribution in [0.15, 0.2) is 41.8 Å². The highest BCUT2D eigenvalue weighted by atomic mass is 32.2. The fourth-order valence-corrected chi connectivity index (χ4v) is 3.93. The maximum absolute atomic E-state index is 13.1. The first-order valence-electron chi connectivity index (χ1n) is 9.58. The number of nitrogens with one attached hydrogen (secondary N) is 1. The van der Waals surface area contributed by atoms with E-state index < -0.39 is 0 Å². The van der Waals surface area contributed by atoms with Gasteiger partial charge in [-0.1, -0.05) is 17.8 Å². The van der Waals surface area contributed by atoms with Crippen LogP contribution in [0, 0.1) is 0 Å².